The van der Waals surface area contributed by atoms with Crippen molar-refractivity contribution in [3.05, 3.63) is 29.6 Å². The summed E-state index contributed by atoms with van der Waals surface area (Å²) in [4.78, 5) is 21.8. The van der Waals surface area contributed by atoms with Crippen LogP contribution in [0, 0.1) is 6.92 Å². The summed E-state index contributed by atoms with van der Waals surface area (Å²) >= 11 is 0. The standard InChI is InChI=1S/C18H25N3O3/c1-13-4-5-14(11-19-13)18(22)21-12-16(20-6-9-23-10-7-20)17-15(21)3-2-8-24-17/h4-5,11,15-17H,2-3,6-10,12H2,1H3/t15-,16-,17+/m0/s1. The van der Waals surface area contributed by atoms with Gasteiger partial charge in [0.15, 0.2) is 0 Å². The van der Waals surface area contributed by atoms with Crippen molar-refractivity contribution in [1.29, 1.82) is 0 Å². The molecule has 3 aliphatic heterocycles. The van der Waals surface area contributed by atoms with Crippen LogP contribution in [0.25, 0.3) is 0 Å². The van der Waals surface area contributed by atoms with E-state index < -0.39 is 0 Å². The van der Waals surface area contributed by atoms with E-state index >= 15 is 0 Å². The second kappa shape index (κ2) is 6.78. The summed E-state index contributed by atoms with van der Waals surface area (Å²) in [6.07, 6.45) is 3.86. The third-order valence-electron chi connectivity index (χ3n) is 5.43. The van der Waals surface area contributed by atoms with Gasteiger partial charge in [-0.15, -0.1) is 0 Å². The fraction of sp³-hybridized carbons (Fsp3) is 0.667. The van der Waals surface area contributed by atoms with Gasteiger partial charge in [-0.2, -0.15) is 0 Å². The van der Waals surface area contributed by atoms with E-state index in [-0.39, 0.29) is 24.1 Å². The lowest BCUT2D eigenvalue weighted by molar-refractivity contribution is -0.0578. The quantitative estimate of drug-likeness (QED) is 0.812. The number of carbonyl (C=O) groups is 1. The Balaban J connectivity index is 1.56. The Labute approximate surface area is 142 Å². The normalized spacial score (nSPS) is 31.0. The Hall–Kier alpha value is -1.50. The second-order valence-corrected chi connectivity index (χ2v) is 6.91. The highest BCUT2D eigenvalue weighted by Crippen LogP contribution is 2.33. The molecular weight excluding hydrogens is 306 g/mol. The number of aryl methyl sites for hydroxylation is 1. The predicted molar refractivity (Wildman–Crippen MR) is 89.0 cm³/mol. The minimum Gasteiger partial charge on any atom is -0.379 e. The van der Waals surface area contributed by atoms with E-state index in [0.717, 1.165) is 58.0 Å². The minimum atomic E-state index is 0.0822. The van der Waals surface area contributed by atoms with Crippen LogP contribution < -0.4 is 0 Å². The van der Waals surface area contributed by atoms with Crippen LogP contribution in [0.2, 0.25) is 0 Å². The molecule has 0 radical (unpaired) electrons. The number of hydrogen-bond donors (Lipinski definition) is 0. The Kier molecular flexibility index (Phi) is 4.52. The van der Waals surface area contributed by atoms with Crippen LogP contribution in [0.5, 0.6) is 0 Å². The van der Waals surface area contributed by atoms with Gasteiger partial charge in [0.1, 0.15) is 0 Å². The van der Waals surface area contributed by atoms with E-state index in [1.165, 1.54) is 0 Å². The number of likely N-dealkylation sites (tertiary alicyclic amines) is 1. The second-order valence-electron chi connectivity index (χ2n) is 6.91. The van der Waals surface area contributed by atoms with Crippen LogP contribution in [0.4, 0.5) is 0 Å². The Bertz CT molecular complexity index is 586. The maximum Gasteiger partial charge on any atom is 0.255 e. The number of carbonyl (C=O) groups excluding carboxylic acids is 1. The van der Waals surface area contributed by atoms with E-state index in [1.807, 2.05) is 24.0 Å². The highest BCUT2D eigenvalue weighted by atomic mass is 16.5. The molecule has 0 bridgehead atoms. The number of ether oxygens (including phenoxy) is 2. The van der Waals surface area contributed by atoms with E-state index in [4.69, 9.17) is 9.47 Å². The van der Waals surface area contributed by atoms with E-state index in [1.54, 1.807) is 6.20 Å². The first kappa shape index (κ1) is 16.0. The van der Waals surface area contributed by atoms with Crippen molar-refractivity contribution in [2.24, 2.45) is 0 Å². The number of rotatable bonds is 2. The number of pyridine rings is 1. The summed E-state index contributed by atoms with van der Waals surface area (Å²) < 4.78 is 11.6. The molecule has 3 saturated heterocycles. The van der Waals surface area contributed by atoms with Gasteiger partial charge < -0.3 is 14.4 Å². The van der Waals surface area contributed by atoms with E-state index in [9.17, 15) is 4.79 Å². The van der Waals surface area contributed by atoms with Gasteiger partial charge in [0.25, 0.3) is 5.91 Å². The molecule has 0 spiro atoms. The first-order valence-corrected chi connectivity index (χ1v) is 8.91. The van der Waals surface area contributed by atoms with Crippen molar-refractivity contribution in [1.82, 2.24) is 14.8 Å². The molecule has 0 unspecified atom stereocenters. The van der Waals surface area contributed by atoms with Crippen LogP contribution in [0.3, 0.4) is 0 Å². The number of aromatic nitrogens is 1. The molecule has 3 atom stereocenters. The van der Waals surface area contributed by atoms with Crippen molar-refractivity contribution in [3.63, 3.8) is 0 Å². The first-order chi connectivity index (χ1) is 11.7. The molecule has 1 aromatic rings. The van der Waals surface area contributed by atoms with Gasteiger partial charge in [0.05, 0.1) is 37.0 Å². The van der Waals surface area contributed by atoms with Crippen LogP contribution in [0.1, 0.15) is 28.9 Å². The Morgan fingerprint density at radius 3 is 2.79 bits per heavy atom. The average molecular weight is 331 g/mol. The monoisotopic (exact) mass is 331 g/mol. The number of fused-ring (bicyclic) bond motifs is 1. The molecule has 0 aliphatic carbocycles. The van der Waals surface area contributed by atoms with Gasteiger partial charge in [0.2, 0.25) is 0 Å². The summed E-state index contributed by atoms with van der Waals surface area (Å²) in [7, 11) is 0. The van der Waals surface area contributed by atoms with Crippen molar-refractivity contribution in [2.45, 2.75) is 38.0 Å². The molecule has 4 rings (SSSR count). The van der Waals surface area contributed by atoms with Crippen LogP contribution in [0.15, 0.2) is 18.3 Å². The van der Waals surface area contributed by atoms with Gasteiger partial charge in [-0.05, 0) is 31.9 Å². The average Bonchev–Trinajstić information content (AvgIpc) is 3.02. The molecule has 1 aromatic heterocycles. The predicted octanol–water partition coefficient (Wildman–Crippen LogP) is 1.09. The zero-order valence-electron chi connectivity index (χ0n) is 14.2. The van der Waals surface area contributed by atoms with Gasteiger partial charge in [-0.3, -0.25) is 14.7 Å². The maximum absolute atomic E-state index is 13.0. The zero-order chi connectivity index (χ0) is 16.5. The third-order valence-corrected chi connectivity index (χ3v) is 5.43. The minimum absolute atomic E-state index is 0.0822. The zero-order valence-corrected chi connectivity index (χ0v) is 14.2. The molecule has 1 amide bonds. The van der Waals surface area contributed by atoms with Crippen molar-refractivity contribution in [2.75, 3.05) is 39.5 Å². The molecule has 0 aromatic carbocycles. The lowest BCUT2D eigenvalue weighted by Gasteiger charge is -2.37. The fourth-order valence-electron chi connectivity index (χ4n) is 4.15. The summed E-state index contributed by atoms with van der Waals surface area (Å²) in [5.41, 5.74) is 1.60. The summed E-state index contributed by atoms with van der Waals surface area (Å²) in [5, 5.41) is 0. The van der Waals surface area contributed by atoms with Crippen LogP contribution >= 0.6 is 0 Å². The van der Waals surface area contributed by atoms with Gasteiger partial charge in [-0.1, -0.05) is 0 Å². The van der Waals surface area contributed by atoms with E-state index in [0.29, 0.717) is 5.56 Å². The molecule has 6 heteroatoms. The summed E-state index contributed by atoms with van der Waals surface area (Å²) in [5.74, 6) is 0.0822. The smallest absolute Gasteiger partial charge is 0.255 e. The number of nitrogens with zero attached hydrogens (tertiary/aromatic N) is 3. The molecular formula is C18H25N3O3. The lowest BCUT2D eigenvalue weighted by Crippen LogP contribution is -2.51. The number of morpholine rings is 1. The highest BCUT2D eigenvalue weighted by Gasteiger charge is 2.48. The molecule has 4 heterocycles. The molecule has 130 valence electrons. The van der Waals surface area contributed by atoms with Crippen molar-refractivity contribution >= 4 is 5.91 Å². The van der Waals surface area contributed by atoms with Gasteiger partial charge in [-0.25, -0.2) is 0 Å². The van der Waals surface area contributed by atoms with Crippen LogP contribution in [-0.2, 0) is 9.47 Å². The molecule has 3 aliphatic rings. The van der Waals surface area contributed by atoms with Gasteiger partial charge in [0, 0.05) is 38.1 Å². The maximum atomic E-state index is 13.0. The lowest BCUT2D eigenvalue weighted by atomic mass is 9.99. The highest BCUT2D eigenvalue weighted by molar-refractivity contribution is 5.94. The Morgan fingerprint density at radius 1 is 1.21 bits per heavy atom. The fourth-order valence-corrected chi connectivity index (χ4v) is 4.15. The molecule has 6 nitrogen and oxygen atoms in total. The first-order valence-electron chi connectivity index (χ1n) is 8.91. The molecule has 0 N–H and O–H groups in total. The largest absolute Gasteiger partial charge is 0.379 e. The SMILES string of the molecule is Cc1ccc(C(=O)N2C[C@H](N3CCOCC3)[C@@H]3OCCC[C@@H]32)cn1. The van der Waals surface area contributed by atoms with E-state index in [2.05, 4.69) is 9.88 Å². The topological polar surface area (TPSA) is 54.9 Å². The van der Waals surface area contributed by atoms with Gasteiger partial charge >= 0.3 is 0 Å². The molecule has 0 saturated carbocycles. The molecule has 3 fully saturated rings. The van der Waals surface area contributed by atoms with Crippen molar-refractivity contribution < 1.29 is 14.3 Å². The van der Waals surface area contributed by atoms with Crippen molar-refractivity contribution in [3.8, 4) is 0 Å². The number of hydrogen-bond acceptors (Lipinski definition) is 5. The number of amides is 1. The van der Waals surface area contributed by atoms with Crippen LogP contribution in [-0.4, -0.2) is 78.3 Å². The summed E-state index contributed by atoms with van der Waals surface area (Å²) in [6.45, 7) is 6.85. The molecule has 24 heavy (non-hydrogen) atoms. The Morgan fingerprint density at radius 2 is 2.04 bits per heavy atom. The summed E-state index contributed by atoms with van der Waals surface area (Å²) in [6, 6.07) is 4.24. The third kappa shape index (κ3) is 2.94.